The summed E-state index contributed by atoms with van der Waals surface area (Å²) >= 11 is 0. The number of carbonyl (C=O) groups excluding carboxylic acids is 1. The summed E-state index contributed by atoms with van der Waals surface area (Å²) in [5.74, 6) is 1.24. The minimum Gasteiger partial charge on any atom is -0.393 e. The zero-order valence-corrected chi connectivity index (χ0v) is 27.4. The SMILES string of the molecule is CC(C)c1cnn2c(NCc3ccccc3-c3nccc4cc(NC(=O)/C=C/CN(C)C)ccc34)nc(N[C@H]3CC[C@H](O)CC3)nc12. The zero-order chi connectivity index (χ0) is 32.9. The van der Waals surface area contributed by atoms with E-state index in [0.717, 1.165) is 70.2 Å². The first-order chi connectivity index (χ1) is 22.7. The number of rotatable bonds is 11. The first-order valence-corrected chi connectivity index (χ1v) is 16.3. The minimum atomic E-state index is -0.226. The highest BCUT2D eigenvalue weighted by atomic mass is 16.3. The van der Waals surface area contributed by atoms with Crippen LogP contribution in [0.5, 0.6) is 0 Å². The van der Waals surface area contributed by atoms with Gasteiger partial charge in [-0.05, 0) is 74.8 Å². The predicted octanol–water partition coefficient (Wildman–Crippen LogP) is 5.85. The van der Waals surface area contributed by atoms with Crippen molar-refractivity contribution >= 4 is 39.9 Å². The maximum Gasteiger partial charge on any atom is 0.248 e. The number of benzene rings is 2. The van der Waals surface area contributed by atoms with Gasteiger partial charge in [-0.15, -0.1) is 0 Å². The number of carbonyl (C=O) groups is 1. The normalized spacial score (nSPS) is 16.8. The molecule has 2 aromatic carbocycles. The van der Waals surface area contributed by atoms with E-state index in [4.69, 9.17) is 15.0 Å². The van der Waals surface area contributed by atoms with Gasteiger partial charge in [0.25, 0.3) is 0 Å². The van der Waals surface area contributed by atoms with Crippen LogP contribution < -0.4 is 16.0 Å². The van der Waals surface area contributed by atoms with Crippen LogP contribution in [0, 0.1) is 0 Å². The van der Waals surface area contributed by atoms with Crippen LogP contribution in [0.3, 0.4) is 0 Å². The van der Waals surface area contributed by atoms with E-state index in [1.165, 1.54) is 0 Å². The van der Waals surface area contributed by atoms with Crippen molar-refractivity contribution in [2.24, 2.45) is 0 Å². The van der Waals surface area contributed by atoms with Crippen LogP contribution in [0.2, 0.25) is 0 Å². The molecule has 0 aliphatic heterocycles. The van der Waals surface area contributed by atoms with Crippen molar-refractivity contribution in [3.63, 3.8) is 0 Å². The number of aliphatic hydroxyl groups excluding tert-OH is 1. The predicted molar refractivity (Wildman–Crippen MR) is 188 cm³/mol. The van der Waals surface area contributed by atoms with Crippen molar-refractivity contribution in [3.05, 3.63) is 84.2 Å². The maximum atomic E-state index is 12.4. The molecule has 1 aliphatic rings. The van der Waals surface area contributed by atoms with Gasteiger partial charge < -0.3 is 26.0 Å². The van der Waals surface area contributed by atoms with Crippen molar-refractivity contribution in [2.45, 2.75) is 64.1 Å². The van der Waals surface area contributed by atoms with Gasteiger partial charge in [-0.3, -0.25) is 9.78 Å². The summed E-state index contributed by atoms with van der Waals surface area (Å²) in [4.78, 5) is 29.0. The molecule has 1 aliphatic carbocycles. The molecule has 3 aromatic heterocycles. The van der Waals surface area contributed by atoms with Crippen molar-refractivity contribution in [1.29, 1.82) is 0 Å². The second-order valence-electron chi connectivity index (χ2n) is 12.8. The number of pyridine rings is 1. The number of nitrogens with one attached hydrogen (secondary N) is 3. The molecule has 0 spiro atoms. The lowest BCUT2D eigenvalue weighted by molar-refractivity contribution is -0.111. The topological polar surface area (TPSA) is 133 Å². The highest BCUT2D eigenvalue weighted by Gasteiger charge is 2.22. The number of aliphatic hydroxyl groups is 1. The van der Waals surface area contributed by atoms with Gasteiger partial charge in [0.05, 0.1) is 18.0 Å². The summed E-state index contributed by atoms with van der Waals surface area (Å²) in [6.07, 6.45) is 10.1. The molecular weight excluding hydrogens is 590 g/mol. The molecule has 47 heavy (non-hydrogen) atoms. The molecule has 0 atom stereocenters. The van der Waals surface area contributed by atoms with Crippen molar-refractivity contribution in [1.82, 2.24) is 29.5 Å². The molecule has 0 radical (unpaired) electrons. The van der Waals surface area contributed by atoms with E-state index >= 15 is 0 Å². The third-order valence-electron chi connectivity index (χ3n) is 8.53. The Balaban J connectivity index is 1.26. The number of hydrogen-bond acceptors (Lipinski definition) is 9. The van der Waals surface area contributed by atoms with Crippen LogP contribution >= 0.6 is 0 Å². The number of likely N-dealkylation sites (N-methyl/N-ethyl adjacent to an activating group) is 1. The molecule has 244 valence electrons. The fourth-order valence-electron chi connectivity index (χ4n) is 5.99. The molecular formula is C36H43N9O2. The summed E-state index contributed by atoms with van der Waals surface area (Å²) in [7, 11) is 3.92. The number of fused-ring (bicyclic) bond motifs is 2. The van der Waals surface area contributed by atoms with E-state index in [2.05, 4.69) is 47.0 Å². The summed E-state index contributed by atoms with van der Waals surface area (Å²) in [6.45, 7) is 5.45. The lowest BCUT2D eigenvalue weighted by atomic mass is 9.93. The van der Waals surface area contributed by atoms with Crippen LogP contribution in [0.1, 0.15) is 56.6 Å². The summed E-state index contributed by atoms with van der Waals surface area (Å²) in [5.41, 5.74) is 5.47. The van der Waals surface area contributed by atoms with Crippen molar-refractivity contribution < 1.29 is 9.90 Å². The lowest BCUT2D eigenvalue weighted by Crippen LogP contribution is -2.29. The zero-order valence-electron chi connectivity index (χ0n) is 27.4. The number of aromatic nitrogens is 5. The van der Waals surface area contributed by atoms with Gasteiger partial charge in [0.2, 0.25) is 17.8 Å². The van der Waals surface area contributed by atoms with Gasteiger partial charge in [-0.2, -0.15) is 19.6 Å². The van der Waals surface area contributed by atoms with Gasteiger partial charge in [0, 0.05) is 53.6 Å². The Morgan fingerprint density at radius 3 is 2.68 bits per heavy atom. The molecule has 4 N–H and O–H groups in total. The van der Waals surface area contributed by atoms with Crippen LogP contribution in [0.25, 0.3) is 27.7 Å². The fourth-order valence-corrected chi connectivity index (χ4v) is 5.99. The molecule has 0 saturated heterocycles. The molecule has 3 heterocycles. The van der Waals surface area contributed by atoms with Gasteiger partial charge in [-0.25, -0.2) is 0 Å². The smallest absolute Gasteiger partial charge is 0.248 e. The number of nitrogens with zero attached hydrogens (tertiary/aromatic N) is 6. The number of anilines is 3. The molecule has 11 nitrogen and oxygen atoms in total. The molecule has 6 rings (SSSR count). The van der Waals surface area contributed by atoms with Gasteiger partial charge in [0.1, 0.15) is 0 Å². The van der Waals surface area contributed by atoms with E-state index < -0.39 is 0 Å². The fraction of sp³-hybridized carbons (Fsp3) is 0.361. The number of hydrogen-bond donors (Lipinski definition) is 4. The van der Waals surface area contributed by atoms with E-state index in [0.29, 0.717) is 25.0 Å². The van der Waals surface area contributed by atoms with Crippen LogP contribution in [-0.2, 0) is 11.3 Å². The Morgan fingerprint density at radius 1 is 1.09 bits per heavy atom. The third kappa shape index (κ3) is 7.58. The van der Waals surface area contributed by atoms with E-state index in [9.17, 15) is 9.90 Å². The lowest BCUT2D eigenvalue weighted by Gasteiger charge is -2.26. The van der Waals surface area contributed by atoms with Gasteiger partial charge in [-0.1, -0.05) is 50.3 Å². The summed E-state index contributed by atoms with van der Waals surface area (Å²) in [6, 6.07) is 16.3. The van der Waals surface area contributed by atoms with Crippen LogP contribution in [0.4, 0.5) is 17.6 Å². The molecule has 1 fully saturated rings. The van der Waals surface area contributed by atoms with Crippen LogP contribution in [0.15, 0.2) is 73.1 Å². The molecule has 1 amide bonds. The standard InChI is InChI=1S/C36H43N9O2/c1-23(2)31-22-39-45-34(31)42-35(41-26-11-14-28(46)15-12-26)43-36(45)38-21-25-8-5-6-9-29(25)33-30-16-13-27(20-24(30)17-18-37-33)40-32(47)10-7-19-44(3)4/h5-10,13,16-18,20,22-23,26,28,46H,11-12,14-15,19,21H2,1-4H3,(H,40,47)(H2,38,41,42,43)/b10-7+/t26-,28-. The van der Waals surface area contributed by atoms with Gasteiger partial charge >= 0.3 is 0 Å². The average molecular weight is 634 g/mol. The van der Waals surface area contributed by atoms with E-state index in [1.54, 1.807) is 16.8 Å². The molecule has 11 heteroatoms. The maximum absolute atomic E-state index is 12.4. The first-order valence-electron chi connectivity index (χ1n) is 16.3. The molecule has 0 bridgehead atoms. The Hall–Kier alpha value is -4.87. The minimum absolute atomic E-state index is 0.163. The Kier molecular flexibility index (Phi) is 9.74. The highest BCUT2D eigenvalue weighted by Crippen LogP contribution is 2.31. The third-order valence-corrected chi connectivity index (χ3v) is 8.53. The average Bonchev–Trinajstić information content (AvgIpc) is 3.49. The first kappa shape index (κ1) is 32.1. The highest BCUT2D eigenvalue weighted by molar-refractivity contribution is 6.02. The molecule has 0 unspecified atom stereocenters. The van der Waals surface area contributed by atoms with E-state index in [1.807, 2.05) is 67.7 Å². The Morgan fingerprint density at radius 2 is 1.89 bits per heavy atom. The van der Waals surface area contributed by atoms with Crippen LogP contribution in [-0.4, -0.2) is 73.3 Å². The Bertz CT molecular complexity index is 1890. The quantitative estimate of drug-likeness (QED) is 0.132. The largest absolute Gasteiger partial charge is 0.393 e. The monoisotopic (exact) mass is 633 g/mol. The van der Waals surface area contributed by atoms with Crippen molar-refractivity contribution in [3.8, 4) is 11.3 Å². The second kappa shape index (κ2) is 14.3. The Labute approximate surface area is 275 Å². The second-order valence-corrected chi connectivity index (χ2v) is 12.8. The van der Waals surface area contributed by atoms with Crippen molar-refractivity contribution in [2.75, 3.05) is 36.6 Å². The molecule has 5 aromatic rings. The molecule has 1 saturated carbocycles. The number of amides is 1. The van der Waals surface area contributed by atoms with Gasteiger partial charge in [0.15, 0.2) is 5.65 Å². The summed E-state index contributed by atoms with van der Waals surface area (Å²) in [5, 5.41) is 26.6. The van der Waals surface area contributed by atoms with E-state index in [-0.39, 0.29) is 24.0 Å². The summed E-state index contributed by atoms with van der Waals surface area (Å²) < 4.78 is 1.77.